The van der Waals surface area contributed by atoms with E-state index in [0.29, 0.717) is 24.5 Å². The van der Waals surface area contributed by atoms with Crippen LogP contribution in [0.1, 0.15) is 56.1 Å². The van der Waals surface area contributed by atoms with Gasteiger partial charge in [-0.2, -0.15) is 0 Å². The van der Waals surface area contributed by atoms with Crippen LogP contribution in [0.25, 0.3) is 0 Å². The molecule has 0 radical (unpaired) electrons. The molecule has 2 aliphatic heterocycles. The fraction of sp³-hybridized carbons (Fsp3) is 0.562. The predicted octanol–water partition coefficient (Wildman–Crippen LogP) is 4.01. The molecule has 240 valence electrons. The fourth-order valence-corrected chi connectivity index (χ4v) is 5.15. The molecule has 0 aliphatic carbocycles. The second-order valence-electron chi connectivity index (χ2n) is 12.4. The summed E-state index contributed by atoms with van der Waals surface area (Å²) >= 11 is 0. The Kier molecular flexibility index (Phi) is 11.9. The Morgan fingerprint density at radius 1 is 1.00 bits per heavy atom. The number of ether oxygens (including phenoxy) is 2. The van der Waals surface area contributed by atoms with Crippen LogP contribution < -0.4 is 16.0 Å². The number of anilines is 2. The third kappa shape index (κ3) is 10.8. The number of hydrogen-bond acceptors (Lipinski definition) is 8. The van der Waals surface area contributed by atoms with Gasteiger partial charge in [0, 0.05) is 45.0 Å². The molecule has 12 heteroatoms. The number of nitrogens with one attached hydrogen (secondary N) is 3. The summed E-state index contributed by atoms with van der Waals surface area (Å²) in [6.45, 7) is 12.5. The molecule has 0 unspecified atom stereocenters. The third-order valence-corrected chi connectivity index (χ3v) is 7.58. The van der Waals surface area contributed by atoms with E-state index in [0.717, 1.165) is 70.8 Å². The molecule has 4 amide bonds. The molecule has 4 rings (SSSR count). The van der Waals surface area contributed by atoms with E-state index in [-0.39, 0.29) is 17.8 Å². The van der Waals surface area contributed by atoms with Gasteiger partial charge in [-0.3, -0.25) is 20.0 Å². The van der Waals surface area contributed by atoms with Crippen LogP contribution in [-0.4, -0.2) is 109 Å². The van der Waals surface area contributed by atoms with Gasteiger partial charge in [-0.25, -0.2) is 9.59 Å². The first kappa shape index (κ1) is 33.2. The van der Waals surface area contributed by atoms with Gasteiger partial charge in [-0.15, -0.1) is 0 Å². The first-order valence-corrected chi connectivity index (χ1v) is 15.4. The number of piperidine rings is 1. The first-order chi connectivity index (χ1) is 21.1. The van der Waals surface area contributed by atoms with Crippen molar-refractivity contribution in [3.63, 3.8) is 0 Å². The monoisotopic (exact) mass is 609 g/mol. The summed E-state index contributed by atoms with van der Waals surface area (Å²) < 4.78 is 10.8. The maximum Gasteiger partial charge on any atom is 0.412 e. The molecular formula is C32H47N7O5. The second kappa shape index (κ2) is 15.8. The van der Waals surface area contributed by atoms with Gasteiger partial charge in [0.05, 0.1) is 24.6 Å². The Morgan fingerprint density at radius 3 is 2.32 bits per heavy atom. The molecule has 1 aromatic heterocycles. The van der Waals surface area contributed by atoms with Gasteiger partial charge in [0.1, 0.15) is 11.3 Å². The molecule has 3 heterocycles. The van der Waals surface area contributed by atoms with Crippen LogP contribution >= 0.6 is 0 Å². The lowest BCUT2D eigenvalue weighted by Crippen LogP contribution is -2.49. The minimum Gasteiger partial charge on any atom is -0.444 e. The van der Waals surface area contributed by atoms with Crippen LogP contribution in [0.15, 0.2) is 42.6 Å². The van der Waals surface area contributed by atoms with Gasteiger partial charge in [-0.05, 0) is 83.9 Å². The van der Waals surface area contributed by atoms with Crippen molar-refractivity contribution in [3.05, 3.63) is 53.9 Å². The average molecular weight is 610 g/mol. The Hall–Kier alpha value is -3.74. The number of urea groups is 1. The van der Waals surface area contributed by atoms with E-state index in [2.05, 4.69) is 37.8 Å². The van der Waals surface area contributed by atoms with Gasteiger partial charge in [0.2, 0.25) is 0 Å². The van der Waals surface area contributed by atoms with E-state index in [1.165, 1.54) is 0 Å². The number of likely N-dealkylation sites (tertiary alicyclic amines) is 1. The zero-order valence-electron chi connectivity index (χ0n) is 26.4. The topological polar surface area (TPSA) is 128 Å². The van der Waals surface area contributed by atoms with Crippen LogP contribution in [0.3, 0.4) is 0 Å². The van der Waals surface area contributed by atoms with Crippen molar-refractivity contribution in [2.24, 2.45) is 0 Å². The van der Waals surface area contributed by atoms with E-state index in [4.69, 9.17) is 9.47 Å². The molecule has 0 saturated carbocycles. The number of amides is 4. The van der Waals surface area contributed by atoms with E-state index in [1.54, 1.807) is 57.3 Å². The predicted molar refractivity (Wildman–Crippen MR) is 170 cm³/mol. The van der Waals surface area contributed by atoms with Crippen LogP contribution in [-0.2, 0) is 16.0 Å². The van der Waals surface area contributed by atoms with Gasteiger partial charge in [0.25, 0.3) is 5.91 Å². The first-order valence-electron chi connectivity index (χ1n) is 15.4. The minimum absolute atomic E-state index is 0.0718. The van der Waals surface area contributed by atoms with Crippen LogP contribution in [0.5, 0.6) is 0 Å². The normalized spacial score (nSPS) is 16.6. The van der Waals surface area contributed by atoms with Crippen molar-refractivity contribution in [3.8, 4) is 0 Å². The van der Waals surface area contributed by atoms with Crippen LogP contribution in [0.4, 0.5) is 21.0 Å². The summed E-state index contributed by atoms with van der Waals surface area (Å²) in [5.74, 6) is -0.419. The fourth-order valence-electron chi connectivity index (χ4n) is 5.15. The van der Waals surface area contributed by atoms with Crippen molar-refractivity contribution in [1.29, 1.82) is 0 Å². The Morgan fingerprint density at radius 2 is 1.68 bits per heavy atom. The molecule has 12 nitrogen and oxygen atoms in total. The van der Waals surface area contributed by atoms with E-state index in [9.17, 15) is 14.4 Å². The van der Waals surface area contributed by atoms with E-state index in [1.807, 2.05) is 11.0 Å². The number of pyridine rings is 1. The molecule has 2 aliphatic rings. The lowest BCUT2D eigenvalue weighted by Gasteiger charge is -2.32. The number of nitrogens with zero attached hydrogens (tertiary/aromatic N) is 4. The smallest absolute Gasteiger partial charge is 0.412 e. The quantitative estimate of drug-likeness (QED) is 0.369. The van der Waals surface area contributed by atoms with Crippen molar-refractivity contribution in [2.45, 2.75) is 58.2 Å². The highest BCUT2D eigenvalue weighted by atomic mass is 16.6. The van der Waals surface area contributed by atoms with Crippen molar-refractivity contribution < 1.29 is 23.9 Å². The van der Waals surface area contributed by atoms with Gasteiger partial charge >= 0.3 is 12.1 Å². The van der Waals surface area contributed by atoms with Crippen LogP contribution in [0, 0.1) is 0 Å². The summed E-state index contributed by atoms with van der Waals surface area (Å²) in [4.78, 5) is 49.6. The molecule has 0 spiro atoms. The second-order valence-corrected chi connectivity index (χ2v) is 12.4. The van der Waals surface area contributed by atoms with E-state index >= 15 is 0 Å². The van der Waals surface area contributed by atoms with Gasteiger partial charge in [0.15, 0.2) is 0 Å². The molecule has 0 bridgehead atoms. The summed E-state index contributed by atoms with van der Waals surface area (Å²) in [7, 11) is 2.10. The van der Waals surface area contributed by atoms with Gasteiger partial charge < -0.3 is 29.9 Å². The minimum atomic E-state index is -0.653. The number of benzene rings is 1. The largest absolute Gasteiger partial charge is 0.444 e. The summed E-state index contributed by atoms with van der Waals surface area (Å²) in [6.07, 6.45) is 3.75. The van der Waals surface area contributed by atoms with Crippen LogP contribution in [0.2, 0.25) is 0 Å². The molecule has 44 heavy (non-hydrogen) atoms. The lowest BCUT2D eigenvalue weighted by atomic mass is 10.1. The average Bonchev–Trinajstić information content (AvgIpc) is 2.98. The molecule has 2 saturated heterocycles. The Bertz CT molecular complexity index is 1240. The number of rotatable bonds is 10. The lowest BCUT2D eigenvalue weighted by molar-refractivity contribution is 0.0364. The maximum atomic E-state index is 13.4. The Balaban J connectivity index is 1.37. The van der Waals surface area contributed by atoms with E-state index < -0.39 is 17.6 Å². The SMILES string of the molecule is CN1CCC(NC(=O)N(CCCN2CCOCC2)Cc2ccc(C(=O)Nc3ccccc3NC(=O)OC(C)(C)C)nc2)CC1. The number of hydrogen-bond donors (Lipinski definition) is 3. The number of carbonyl (C=O) groups is 3. The van der Waals surface area contributed by atoms with Crippen molar-refractivity contribution in [2.75, 3.05) is 70.2 Å². The number of carbonyl (C=O) groups excluding carboxylic acids is 3. The Labute approximate surface area is 260 Å². The zero-order valence-corrected chi connectivity index (χ0v) is 26.4. The molecule has 1 aromatic carbocycles. The molecule has 2 aromatic rings. The molecule has 3 N–H and O–H groups in total. The maximum absolute atomic E-state index is 13.4. The number of para-hydroxylation sites is 2. The van der Waals surface area contributed by atoms with Crippen molar-refractivity contribution >= 4 is 29.4 Å². The molecule has 0 atom stereocenters. The number of aromatic nitrogens is 1. The molecule has 2 fully saturated rings. The van der Waals surface area contributed by atoms with Crippen molar-refractivity contribution in [1.82, 2.24) is 25.0 Å². The van der Waals surface area contributed by atoms with Gasteiger partial charge in [-0.1, -0.05) is 18.2 Å². The highest BCUT2D eigenvalue weighted by Gasteiger charge is 2.23. The molecular weight excluding hydrogens is 562 g/mol. The highest BCUT2D eigenvalue weighted by molar-refractivity contribution is 6.05. The third-order valence-electron chi connectivity index (χ3n) is 7.58. The summed E-state index contributed by atoms with van der Waals surface area (Å²) in [6, 6.07) is 10.5. The zero-order chi connectivity index (χ0) is 31.5. The number of morpholine rings is 1. The highest BCUT2D eigenvalue weighted by Crippen LogP contribution is 2.23. The standard InChI is InChI=1S/C32H47N7O5/c1-32(2,3)44-31(42)36-27-9-6-5-8-26(27)35-29(40)28-11-10-24(22-33-28)23-39(15-7-14-38-18-20-43-21-19-38)30(41)34-25-12-16-37(4)17-13-25/h5-6,8-11,22,25H,7,12-21,23H2,1-4H3,(H,34,41)(H,35,40)(H,36,42). The summed E-state index contributed by atoms with van der Waals surface area (Å²) in [5.41, 5.74) is 1.23. The summed E-state index contributed by atoms with van der Waals surface area (Å²) in [5, 5.41) is 8.74.